The molecule has 0 amide bonds. The molecule has 0 radical (unpaired) electrons. The lowest BCUT2D eigenvalue weighted by molar-refractivity contribution is -0.117. The van der Waals surface area contributed by atoms with Crippen LogP contribution in [0.1, 0.15) is 57.4 Å². The van der Waals surface area contributed by atoms with Gasteiger partial charge in [-0.2, -0.15) is 0 Å². The fourth-order valence-electron chi connectivity index (χ4n) is 3.25. The third kappa shape index (κ3) is 4.71. The van der Waals surface area contributed by atoms with Crippen LogP contribution in [0, 0.1) is 17.6 Å². The van der Waals surface area contributed by atoms with Crippen LogP contribution in [0.5, 0.6) is 0 Å². The number of nitrogens with zero attached hydrogens (tertiary/aromatic N) is 1. The van der Waals surface area contributed by atoms with Crippen molar-refractivity contribution in [2.24, 2.45) is 10.9 Å². The highest BCUT2D eigenvalue weighted by Gasteiger charge is 2.30. The van der Waals surface area contributed by atoms with Gasteiger partial charge in [0.1, 0.15) is 5.71 Å². The lowest BCUT2D eigenvalue weighted by atomic mass is 9.76. The molecule has 0 bridgehead atoms. The quantitative estimate of drug-likeness (QED) is 0.604. The average Bonchev–Trinajstić information content (AvgIpc) is 2.61. The number of rotatable bonds is 6. The van der Waals surface area contributed by atoms with Crippen LogP contribution in [0.4, 0.5) is 8.78 Å². The van der Waals surface area contributed by atoms with Crippen LogP contribution in [-0.2, 0) is 4.79 Å². The summed E-state index contributed by atoms with van der Waals surface area (Å²) in [6.07, 6.45) is 3.67. The number of aliphatic imine (C=N–C) groups is 1. The second kappa shape index (κ2) is 8.32. The molecule has 0 atom stereocenters. The molecule has 2 rings (SSSR count). The van der Waals surface area contributed by atoms with E-state index in [1.807, 2.05) is 6.92 Å². The van der Waals surface area contributed by atoms with Crippen molar-refractivity contribution < 1.29 is 13.6 Å². The summed E-state index contributed by atoms with van der Waals surface area (Å²) in [5.41, 5.74) is 2.55. The second-order valence-corrected chi connectivity index (χ2v) is 6.75. The van der Waals surface area contributed by atoms with Gasteiger partial charge in [-0.05, 0) is 68.2 Å². The van der Waals surface area contributed by atoms with Crippen LogP contribution in [0.15, 0.2) is 47.6 Å². The Labute approximate surface area is 148 Å². The van der Waals surface area contributed by atoms with Gasteiger partial charge in [-0.1, -0.05) is 26.1 Å². The summed E-state index contributed by atoms with van der Waals surface area (Å²) >= 11 is 0. The van der Waals surface area contributed by atoms with Crippen molar-refractivity contribution in [3.63, 3.8) is 0 Å². The average molecular weight is 345 g/mol. The van der Waals surface area contributed by atoms with Crippen molar-refractivity contribution in [3.05, 3.63) is 59.8 Å². The maximum absolute atomic E-state index is 13.4. The SMILES string of the molecule is C=C(CC)N=C(C(=C)C)C(=O)C1CCC(c2ccc(F)c(F)c2)CC1. The third-order valence-electron chi connectivity index (χ3n) is 4.83. The van der Waals surface area contributed by atoms with Crippen molar-refractivity contribution in [2.45, 2.75) is 51.9 Å². The number of hydrogen-bond acceptors (Lipinski definition) is 2. The topological polar surface area (TPSA) is 29.4 Å². The van der Waals surface area contributed by atoms with Crippen molar-refractivity contribution in [1.29, 1.82) is 0 Å². The van der Waals surface area contributed by atoms with E-state index in [1.165, 1.54) is 12.1 Å². The lowest BCUT2D eigenvalue weighted by Crippen LogP contribution is -2.28. The Hall–Kier alpha value is -2.10. The van der Waals surface area contributed by atoms with Crippen LogP contribution in [0.3, 0.4) is 0 Å². The molecule has 134 valence electrons. The molecule has 0 unspecified atom stereocenters. The predicted molar refractivity (Wildman–Crippen MR) is 97.7 cm³/mol. The van der Waals surface area contributed by atoms with Gasteiger partial charge in [-0.25, -0.2) is 8.78 Å². The molecule has 1 aromatic rings. The fraction of sp³-hybridized carbons (Fsp3) is 0.429. The fourth-order valence-corrected chi connectivity index (χ4v) is 3.25. The lowest BCUT2D eigenvalue weighted by Gasteiger charge is -2.28. The number of carbonyl (C=O) groups excluding carboxylic acids is 1. The molecule has 1 fully saturated rings. The van der Waals surface area contributed by atoms with Gasteiger partial charge in [0.15, 0.2) is 17.4 Å². The van der Waals surface area contributed by atoms with Crippen molar-refractivity contribution in [3.8, 4) is 0 Å². The first-order valence-corrected chi connectivity index (χ1v) is 8.75. The Morgan fingerprint density at radius 2 is 1.80 bits per heavy atom. The summed E-state index contributed by atoms with van der Waals surface area (Å²) in [4.78, 5) is 17.1. The van der Waals surface area contributed by atoms with Gasteiger partial charge in [0.2, 0.25) is 0 Å². The van der Waals surface area contributed by atoms with E-state index in [9.17, 15) is 13.6 Å². The van der Waals surface area contributed by atoms with Gasteiger partial charge in [0.05, 0.1) is 0 Å². The van der Waals surface area contributed by atoms with Gasteiger partial charge >= 0.3 is 0 Å². The molecule has 0 N–H and O–H groups in total. The van der Waals surface area contributed by atoms with Crippen LogP contribution in [0.25, 0.3) is 0 Å². The van der Waals surface area contributed by atoms with Crippen LogP contribution >= 0.6 is 0 Å². The maximum Gasteiger partial charge on any atom is 0.184 e. The molecule has 1 saturated carbocycles. The predicted octanol–water partition coefficient (Wildman–Crippen LogP) is 5.75. The Morgan fingerprint density at radius 3 is 2.32 bits per heavy atom. The zero-order valence-corrected chi connectivity index (χ0v) is 14.9. The molecule has 1 aliphatic rings. The van der Waals surface area contributed by atoms with Gasteiger partial charge in [-0.3, -0.25) is 9.79 Å². The number of benzene rings is 1. The molecule has 1 aliphatic carbocycles. The summed E-state index contributed by atoms with van der Waals surface area (Å²) in [6.45, 7) is 11.4. The molecule has 0 saturated heterocycles. The van der Waals surface area contributed by atoms with Gasteiger partial charge < -0.3 is 0 Å². The van der Waals surface area contributed by atoms with E-state index in [0.717, 1.165) is 18.4 Å². The normalized spacial score (nSPS) is 21.0. The minimum Gasteiger partial charge on any atom is -0.292 e. The largest absolute Gasteiger partial charge is 0.292 e. The monoisotopic (exact) mass is 345 g/mol. The zero-order chi connectivity index (χ0) is 18.6. The van der Waals surface area contributed by atoms with E-state index in [2.05, 4.69) is 18.2 Å². The summed E-state index contributed by atoms with van der Waals surface area (Å²) in [5.74, 6) is -1.56. The molecule has 25 heavy (non-hydrogen) atoms. The maximum atomic E-state index is 13.4. The number of hydrogen-bond donors (Lipinski definition) is 0. The summed E-state index contributed by atoms with van der Waals surface area (Å²) in [7, 11) is 0. The van der Waals surface area contributed by atoms with Gasteiger partial charge in [0, 0.05) is 11.6 Å². The minimum absolute atomic E-state index is 0.0193. The van der Waals surface area contributed by atoms with Crippen molar-refractivity contribution in [2.75, 3.05) is 0 Å². The molecule has 0 heterocycles. The highest BCUT2D eigenvalue weighted by atomic mass is 19.2. The van der Waals surface area contributed by atoms with Crippen LogP contribution in [-0.4, -0.2) is 11.5 Å². The number of carbonyl (C=O) groups is 1. The van der Waals surface area contributed by atoms with Crippen LogP contribution in [0.2, 0.25) is 0 Å². The zero-order valence-electron chi connectivity index (χ0n) is 14.9. The first kappa shape index (κ1) is 19.2. The molecule has 0 aromatic heterocycles. The summed E-state index contributed by atoms with van der Waals surface area (Å²) < 4.78 is 26.5. The van der Waals surface area contributed by atoms with E-state index in [1.54, 1.807) is 13.0 Å². The molecular weight excluding hydrogens is 320 g/mol. The van der Waals surface area contributed by atoms with Crippen molar-refractivity contribution >= 4 is 11.5 Å². The Morgan fingerprint density at radius 1 is 1.16 bits per heavy atom. The number of halogens is 2. The second-order valence-electron chi connectivity index (χ2n) is 6.75. The standard InChI is InChI=1S/C21H25F2NO/c1-5-14(4)24-20(13(2)3)21(25)16-8-6-15(7-9-16)17-10-11-18(22)19(23)12-17/h10-12,15-16H,2,4-9H2,1,3H3. The smallest absolute Gasteiger partial charge is 0.184 e. The molecule has 0 spiro atoms. The molecule has 4 heteroatoms. The molecule has 1 aromatic carbocycles. The summed E-state index contributed by atoms with van der Waals surface area (Å²) in [6, 6.07) is 4.08. The highest BCUT2D eigenvalue weighted by molar-refractivity contribution is 6.46. The Kier molecular flexibility index (Phi) is 6.40. The molecule has 0 aliphatic heterocycles. The van der Waals surface area contributed by atoms with E-state index >= 15 is 0 Å². The molecule has 2 nitrogen and oxygen atoms in total. The Balaban J connectivity index is 2.06. The molecular formula is C21H25F2NO. The van der Waals surface area contributed by atoms with E-state index in [4.69, 9.17) is 0 Å². The van der Waals surface area contributed by atoms with E-state index in [0.29, 0.717) is 36.2 Å². The van der Waals surface area contributed by atoms with Gasteiger partial charge in [-0.15, -0.1) is 0 Å². The summed E-state index contributed by atoms with van der Waals surface area (Å²) in [5, 5.41) is 0. The first-order chi connectivity index (χ1) is 11.8. The highest BCUT2D eigenvalue weighted by Crippen LogP contribution is 2.37. The number of ketones is 1. The Bertz CT molecular complexity index is 713. The van der Waals surface area contributed by atoms with Crippen LogP contribution < -0.4 is 0 Å². The number of Topliss-reactive ketones (excluding diaryl/α,β-unsaturated/α-hetero) is 1. The van der Waals surface area contributed by atoms with Crippen molar-refractivity contribution in [1.82, 2.24) is 0 Å². The first-order valence-electron chi connectivity index (χ1n) is 8.75. The van der Waals surface area contributed by atoms with E-state index < -0.39 is 11.6 Å². The minimum atomic E-state index is -0.828. The number of allylic oxidation sites excluding steroid dienone is 2. The van der Waals surface area contributed by atoms with Gasteiger partial charge in [0.25, 0.3) is 0 Å². The third-order valence-corrected chi connectivity index (χ3v) is 4.83. The van der Waals surface area contributed by atoms with E-state index in [-0.39, 0.29) is 17.6 Å².